The Bertz CT molecular complexity index is 2780. The molecule has 0 aliphatic carbocycles. The molecular weight excluding hydrogens is 780 g/mol. The molecule has 15 heteroatoms. The topological polar surface area (TPSA) is 161 Å². The zero-order valence-electron chi connectivity index (χ0n) is 31.7. The fourth-order valence-electron chi connectivity index (χ4n) is 7.50. The molecule has 9 rings (SSSR count). The second kappa shape index (κ2) is 15.8. The molecule has 7 heterocycles. The summed E-state index contributed by atoms with van der Waals surface area (Å²) in [5, 5.41) is 15.9. The van der Waals surface area contributed by atoms with E-state index in [1.165, 1.54) is 0 Å². The summed E-state index contributed by atoms with van der Waals surface area (Å²) < 4.78 is 62.0. The number of alkyl halides is 3. The van der Waals surface area contributed by atoms with Gasteiger partial charge in [-0.25, -0.2) is 23.5 Å². The lowest BCUT2D eigenvalue weighted by Gasteiger charge is -2.38. The summed E-state index contributed by atoms with van der Waals surface area (Å²) in [4.78, 5) is 32.0. The number of halogens is 3. The lowest BCUT2D eigenvalue weighted by molar-refractivity contribution is -0.150. The number of para-hydroxylation sites is 1. The highest BCUT2D eigenvalue weighted by Crippen LogP contribution is 2.34. The van der Waals surface area contributed by atoms with E-state index in [0.717, 1.165) is 51.4 Å². The second-order valence-electron chi connectivity index (χ2n) is 14.8. The SMILES string of the molecule is NS(=O)(=O)c1c2nc(cc3nc(cc4ccc(cc5ccc1[nH]5)[nH]4)C=C3)C=C2.O=C(c1ccc(N2CC=Cc3ccccc32)cc1)N1CCC(O)(CCC(F)(F)F)CC1. The van der Waals surface area contributed by atoms with E-state index in [0.29, 0.717) is 16.8 Å². The average Bonchev–Trinajstić information content (AvgIpc) is 4.04. The van der Waals surface area contributed by atoms with Gasteiger partial charge in [-0.2, -0.15) is 13.2 Å². The Balaban J connectivity index is 0.000000165. The minimum Gasteiger partial charge on any atom is -0.390 e. The van der Waals surface area contributed by atoms with Gasteiger partial charge < -0.3 is 24.9 Å². The van der Waals surface area contributed by atoms with Crippen molar-refractivity contribution in [2.24, 2.45) is 5.14 Å². The van der Waals surface area contributed by atoms with E-state index in [1.807, 2.05) is 60.7 Å². The molecule has 302 valence electrons. The number of amides is 1. The lowest BCUT2D eigenvalue weighted by Crippen LogP contribution is -2.47. The molecular formula is C44H40F3N7O4S. The fourth-order valence-corrected chi connectivity index (χ4v) is 8.33. The maximum atomic E-state index is 12.9. The molecule has 59 heavy (non-hydrogen) atoms. The van der Waals surface area contributed by atoms with Crippen LogP contribution in [0.1, 0.15) is 64.4 Å². The highest BCUT2D eigenvalue weighted by atomic mass is 32.2. The molecule has 1 amide bonds. The van der Waals surface area contributed by atoms with Crippen molar-refractivity contribution in [3.63, 3.8) is 0 Å². The van der Waals surface area contributed by atoms with E-state index >= 15 is 0 Å². The summed E-state index contributed by atoms with van der Waals surface area (Å²) in [6.07, 6.45) is 6.07. The molecule has 5 N–H and O–H groups in total. The molecule has 8 bridgehead atoms. The number of nitrogens with one attached hydrogen (secondary N) is 2. The number of aromatic amines is 2. The maximum Gasteiger partial charge on any atom is 0.389 e. The van der Waals surface area contributed by atoms with Gasteiger partial charge >= 0.3 is 6.18 Å². The van der Waals surface area contributed by atoms with Gasteiger partial charge in [0.2, 0.25) is 10.0 Å². The van der Waals surface area contributed by atoms with E-state index < -0.39 is 28.2 Å². The monoisotopic (exact) mass is 819 g/mol. The van der Waals surface area contributed by atoms with Crippen LogP contribution in [0.25, 0.3) is 52.4 Å². The zero-order valence-corrected chi connectivity index (χ0v) is 32.5. The Morgan fingerprint density at radius 3 is 2.17 bits per heavy atom. The molecule has 4 aliphatic rings. The van der Waals surface area contributed by atoms with Crippen molar-refractivity contribution in [2.75, 3.05) is 24.5 Å². The molecule has 1 saturated heterocycles. The molecule has 11 nitrogen and oxygen atoms in total. The minimum absolute atomic E-state index is 0.0458. The van der Waals surface area contributed by atoms with Crippen LogP contribution in [0.3, 0.4) is 0 Å². The first-order valence-corrected chi connectivity index (χ1v) is 20.5. The van der Waals surface area contributed by atoms with Crippen molar-refractivity contribution < 1.29 is 31.5 Å². The van der Waals surface area contributed by atoms with Crippen LogP contribution in [0.5, 0.6) is 0 Å². The van der Waals surface area contributed by atoms with Crippen molar-refractivity contribution in [3.05, 3.63) is 131 Å². The normalized spacial score (nSPS) is 15.7. The summed E-state index contributed by atoms with van der Waals surface area (Å²) in [5.41, 5.74) is 7.77. The Labute approximate surface area is 338 Å². The largest absolute Gasteiger partial charge is 0.390 e. The Morgan fingerprint density at radius 2 is 1.44 bits per heavy atom. The number of primary sulfonamides is 1. The van der Waals surface area contributed by atoms with Gasteiger partial charge in [-0.3, -0.25) is 4.79 Å². The van der Waals surface area contributed by atoms with E-state index in [2.05, 4.69) is 49.1 Å². The van der Waals surface area contributed by atoms with E-state index in [4.69, 9.17) is 5.14 Å². The summed E-state index contributed by atoms with van der Waals surface area (Å²) in [6.45, 7) is 1.24. The predicted octanol–water partition coefficient (Wildman–Crippen LogP) is 8.46. The first kappa shape index (κ1) is 39.5. The molecule has 1 fully saturated rings. The number of nitrogens with zero attached hydrogens (tertiary/aromatic N) is 4. The molecule has 0 radical (unpaired) electrons. The van der Waals surface area contributed by atoms with Crippen LogP contribution in [-0.2, 0) is 10.0 Å². The van der Waals surface area contributed by atoms with Gasteiger partial charge in [-0.1, -0.05) is 30.4 Å². The van der Waals surface area contributed by atoms with Crippen molar-refractivity contribution in [1.29, 1.82) is 0 Å². The first-order valence-electron chi connectivity index (χ1n) is 19.0. The first-order chi connectivity index (χ1) is 28.2. The molecule has 0 spiro atoms. The number of fused-ring (bicyclic) bond motifs is 9. The highest BCUT2D eigenvalue weighted by molar-refractivity contribution is 7.89. The number of sulfonamides is 1. The molecule has 3 aromatic heterocycles. The molecule has 0 saturated carbocycles. The third-order valence-corrected chi connectivity index (χ3v) is 11.5. The number of hydrogen-bond donors (Lipinski definition) is 4. The number of carbonyl (C=O) groups excluding carboxylic acids is 1. The molecule has 2 aromatic carbocycles. The quantitative estimate of drug-likeness (QED) is 0.136. The minimum atomic E-state index is -4.28. The number of aliphatic hydroxyl groups is 1. The van der Waals surface area contributed by atoms with Gasteiger partial charge in [0.1, 0.15) is 4.90 Å². The van der Waals surface area contributed by atoms with Crippen LogP contribution in [0.15, 0.2) is 102 Å². The number of anilines is 2. The number of nitrogens with two attached hydrogens (primary N) is 1. The highest BCUT2D eigenvalue weighted by Gasteiger charge is 2.38. The summed E-state index contributed by atoms with van der Waals surface area (Å²) in [6, 6.07) is 28.5. The molecule has 0 atom stereocenters. The molecule has 4 aliphatic heterocycles. The van der Waals surface area contributed by atoms with Gasteiger partial charge in [0.05, 0.1) is 33.9 Å². The summed E-state index contributed by atoms with van der Waals surface area (Å²) in [7, 11) is -4.00. The summed E-state index contributed by atoms with van der Waals surface area (Å²) in [5.74, 6) is -0.164. The fraction of sp³-hybridized carbons (Fsp3) is 0.205. The zero-order chi connectivity index (χ0) is 41.4. The van der Waals surface area contributed by atoms with E-state index in [-0.39, 0.29) is 48.8 Å². The van der Waals surface area contributed by atoms with Gasteiger partial charge in [-0.15, -0.1) is 0 Å². The van der Waals surface area contributed by atoms with Crippen LogP contribution < -0.4 is 10.0 Å². The van der Waals surface area contributed by atoms with Crippen LogP contribution >= 0.6 is 0 Å². The van der Waals surface area contributed by atoms with Crippen LogP contribution in [0.2, 0.25) is 0 Å². The number of rotatable bonds is 5. The summed E-state index contributed by atoms with van der Waals surface area (Å²) >= 11 is 0. The number of H-pyrrole nitrogens is 2. The van der Waals surface area contributed by atoms with Crippen LogP contribution in [0.4, 0.5) is 24.5 Å². The van der Waals surface area contributed by atoms with Crippen molar-refractivity contribution in [1.82, 2.24) is 24.8 Å². The standard InChI is InChI=1S/C24H25F3N2O2.C20H15N5O2S/c25-24(26,27)12-11-23(31)13-16-28(17-14-23)22(30)19-7-9-20(10-8-19)29-15-3-5-18-4-1-2-6-21(18)29;21-28(26,27)20-18-7-5-16(24-18)10-14-3-1-12(22-14)9-13-2-4-15(23-13)11-17-6-8-19(20)25-17/h1-10,31H,11-17H2;1-11,22,24H,(H2,21,26,27). The number of aromatic nitrogens is 4. The van der Waals surface area contributed by atoms with Crippen molar-refractivity contribution >= 4 is 79.8 Å². The second-order valence-corrected chi connectivity index (χ2v) is 16.3. The van der Waals surface area contributed by atoms with E-state index in [9.17, 15) is 31.5 Å². The van der Waals surface area contributed by atoms with Crippen LogP contribution in [0, 0.1) is 0 Å². The van der Waals surface area contributed by atoms with E-state index in [1.54, 1.807) is 47.4 Å². The Morgan fingerprint density at radius 1 is 0.797 bits per heavy atom. The third kappa shape index (κ3) is 9.22. The number of likely N-dealkylation sites (tertiary alicyclic amines) is 1. The smallest absolute Gasteiger partial charge is 0.389 e. The van der Waals surface area contributed by atoms with Crippen molar-refractivity contribution in [3.8, 4) is 0 Å². The third-order valence-electron chi connectivity index (χ3n) is 10.6. The number of hydrogen-bond acceptors (Lipinski definition) is 7. The number of piperidine rings is 1. The Hall–Kier alpha value is -6.29. The van der Waals surface area contributed by atoms with Crippen molar-refractivity contribution in [2.45, 2.75) is 42.4 Å². The number of carbonyl (C=O) groups is 1. The van der Waals surface area contributed by atoms with Crippen LogP contribution in [-0.4, -0.2) is 75.7 Å². The van der Waals surface area contributed by atoms with Gasteiger partial charge in [0.15, 0.2) is 0 Å². The average molecular weight is 820 g/mol. The lowest BCUT2D eigenvalue weighted by atomic mass is 9.86. The maximum absolute atomic E-state index is 12.9. The van der Waals surface area contributed by atoms with Gasteiger partial charge in [0.25, 0.3) is 5.91 Å². The number of benzene rings is 2. The Kier molecular flexibility index (Phi) is 10.6. The predicted molar refractivity (Wildman–Crippen MR) is 225 cm³/mol. The van der Waals surface area contributed by atoms with Gasteiger partial charge in [-0.05, 0) is 122 Å². The molecule has 5 aromatic rings. The molecule has 0 unspecified atom stereocenters. The van der Waals surface area contributed by atoms with Gasteiger partial charge in [0, 0.05) is 59.5 Å².